The second-order valence-electron chi connectivity index (χ2n) is 7.04. The summed E-state index contributed by atoms with van der Waals surface area (Å²) in [4.78, 5) is 33.8. The lowest BCUT2D eigenvalue weighted by atomic mass is 10.2. The number of hydrogen-bond donors (Lipinski definition) is 2. The van der Waals surface area contributed by atoms with Crippen LogP contribution in [0.15, 0.2) is 91.2 Å². The van der Waals surface area contributed by atoms with E-state index in [2.05, 4.69) is 15.3 Å². The van der Waals surface area contributed by atoms with Gasteiger partial charge in [0.1, 0.15) is 5.76 Å². The van der Waals surface area contributed by atoms with E-state index in [0.29, 0.717) is 26.6 Å². The number of para-hydroxylation sites is 1. The van der Waals surface area contributed by atoms with Crippen LogP contribution in [-0.4, -0.2) is 27.1 Å². The first-order chi connectivity index (χ1) is 16.5. The number of furan rings is 1. The van der Waals surface area contributed by atoms with Crippen LogP contribution >= 0.6 is 35.1 Å². The van der Waals surface area contributed by atoms with Crippen molar-refractivity contribution in [1.29, 1.82) is 0 Å². The van der Waals surface area contributed by atoms with Crippen LogP contribution in [0.5, 0.6) is 0 Å². The zero-order valence-corrected chi connectivity index (χ0v) is 19.6. The molecule has 5 rings (SSSR count). The number of thioether (sulfide) groups is 1. The molecule has 0 radical (unpaired) electrons. The number of rotatable bonds is 5. The molecular formula is C24H14ClN3O4S2. The summed E-state index contributed by atoms with van der Waals surface area (Å²) in [5.41, 5.74) is 1.20. The zero-order valence-electron chi connectivity index (χ0n) is 17.2. The van der Waals surface area contributed by atoms with Crippen molar-refractivity contribution in [3.8, 4) is 0 Å². The molecule has 0 spiro atoms. The molecule has 0 unspecified atom stereocenters. The Kier molecular flexibility index (Phi) is 6.14. The van der Waals surface area contributed by atoms with Crippen molar-refractivity contribution >= 4 is 74.8 Å². The van der Waals surface area contributed by atoms with E-state index in [0.717, 1.165) is 27.6 Å². The molecule has 4 aromatic rings. The maximum atomic E-state index is 12.4. The number of amidine groups is 1. The van der Waals surface area contributed by atoms with Crippen molar-refractivity contribution in [1.82, 2.24) is 10.3 Å². The Morgan fingerprint density at radius 2 is 2.03 bits per heavy atom. The number of aromatic nitrogens is 1. The predicted octanol–water partition coefficient (Wildman–Crippen LogP) is 6.22. The quantitative estimate of drug-likeness (QED) is 0.309. The third-order valence-corrected chi connectivity index (χ3v) is 6.95. The van der Waals surface area contributed by atoms with Gasteiger partial charge in [0.25, 0.3) is 5.91 Å². The maximum absolute atomic E-state index is 12.4. The molecule has 34 heavy (non-hydrogen) atoms. The van der Waals surface area contributed by atoms with Crippen molar-refractivity contribution in [2.45, 2.75) is 9.99 Å². The number of benzene rings is 2. The SMILES string of the molecule is O=C1NC(=Nc2ccc(Cl)c(C(=O)O)c2)S/C1=C\c1ccc(Sc2cccc3cccnc23)o1. The number of nitrogens with one attached hydrogen (secondary N) is 1. The van der Waals surface area contributed by atoms with Crippen LogP contribution in [0.4, 0.5) is 5.69 Å². The van der Waals surface area contributed by atoms with Crippen LogP contribution in [0.2, 0.25) is 5.02 Å². The zero-order chi connectivity index (χ0) is 23.7. The van der Waals surface area contributed by atoms with Gasteiger partial charge in [-0.05, 0) is 66.0 Å². The second-order valence-corrected chi connectivity index (χ2v) is 9.53. The molecule has 0 aliphatic carbocycles. The monoisotopic (exact) mass is 507 g/mol. The second kappa shape index (κ2) is 9.38. The molecule has 3 heterocycles. The Labute approximate surface area is 206 Å². The Balaban J connectivity index is 1.34. The molecular weight excluding hydrogens is 494 g/mol. The van der Waals surface area contributed by atoms with Gasteiger partial charge in [-0.2, -0.15) is 0 Å². The minimum absolute atomic E-state index is 0.0596. The Bertz CT molecular complexity index is 1510. The van der Waals surface area contributed by atoms with Crippen molar-refractivity contribution in [2.24, 2.45) is 4.99 Å². The highest BCUT2D eigenvalue weighted by Gasteiger charge is 2.24. The maximum Gasteiger partial charge on any atom is 0.337 e. The van der Waals surface area contributed by atoms with E-state index in [9.17, 15) is 14.7 Å². The van der Waals surface area contributed by atoms with Crippen molar-refractivity contribution < 1.29 is 19.1 Å². The van der Waals surface area contributed by atoms with Crippen molar-refractivity contribution in [2.75, 3.05) is 0 Å². The lowest BCUT2D eigenvalue weighted by Crippen LogP contribution is -2.19. The smallest absolute Gasteiger partial charge is 0.337 e. The average molecular weight is 508 g/mol. The van der Waals surface area contributed by atoms with Gasteiger partial charge in [0, 0.05) is 22.6 Å². The molecule has 1 fully saturated rings. The lowest BCUT2D eigenvalue weighted by molar-refractivity contribution is -0.115. The number of halogens is 1. The molecule has 0 bridgehead atoms. The highest BCUT2D eigenvalue weighted by Crippen LogP contribution is 2.35. The largest absolute Gasteiger partial charge is 0.478 e. The molecule has 2 aromatic heterocycles. The lowest BCUT2D eigenvalue weighted by Gasteiger charge is -2.02. The number of pyridine rings is 1. The van der Waals surface area contributed by atoms with Gasteiger partial charge in [-0.15, -0.1) is 0 Å². The first-order valence-electron chi connectivity index (χ1n) is 9.90. The molecule has 0 atom stereocenters. The van der Waals surface area contributed by atoms with Crippen molar-refractivity contribution in [3.63, 3.8) is 0 Å². The summed E-state index contributed by atoms with van der Waals surface area (Å²) in [5, 5.41) is 14.1. The Hall–Kier alpha value is -3.53. The van der Waals surface area contributed by atoms with Gasteiger partial charge in [0.05, 0.1) is 26.7 Å². The number of aromatic carboxylic acids is 1. The standard InChI is InChI=1S/C24H14ClN3O4S2/c25-17-8-6-14(11-16(17)23(30)31)27-24-28-22(29)19(34-24)12-15-7-9-20(32-15)33-18-5-1-3-13-4-2-10-26-21(13)18/h1-12H,(H,30,31)(H,27,28,29)/b19-12-. The fourth-order valence-electron chi connectivity index (χ4n) is 3.21. The highest BCUT2D eigenvalue weighted by molar-refractivity contribution is 8.18. The van der Waals surface area contributed by atoms with E-state index < -0.39 is 5.97 Å². The summed E-state index contributed by atoms with van der Waals surface area (Å²) in [5.74, 6) is -0.948. The van der Waals surface area contributed by atoms with Crippen LogP contribution in [0.25, 0.3) is 17.0 Å². The van der Waals surface area contributed by atoms with Crippen LogP contribution in [0, 0.1) is 0 Å². The third kappa shape index (κ3) is 4.72. The van der Waals surface area contributed by atoms with Crippen LogP contribution in [-0.2, 0) is 4.79 Å². The topological polar surface area (TPSA) is 105 Å². The van der Waals surface area contributed by atoms with E-state index in [-0.39, 0.29) is 16.5 Å². The first kappa shape index (κ1) is 22.3. The minimum atomic E-state index is -1.15. The third-order valence-electron chi connectivity index (χ3n) is 4.74. The average Bonchev–Trinajstić information content (AvgIpc) is 3.41. The van der Waals surface area contributed by atoms with Gasteiger partial charge in [0.2, 0.25) is 0 Å². The van der Waals surface area contributed by atoms with Gasteiger partial charge in [0.15, 0.2) is 10.3 Å². The van der Waals surface area contributed by atoms with Gasteiger partial charge in [-0.1, -0.05) is 29.8 Å². The Morgan fingerprint density at radius 3 is 2.88 bits per heavy atom. The van der Waals surface area contributed by atoms with Crippen LogP contribution in [0.1, 0.15) is 16.1 Å². The molecule has 1 amide bonds. The summed E-state index contributed by atoms with van der Waals surface area (Å²) in [6, 6.07) is 17.9. The molecule has 0 saturated carbocycles. The predicted molar refractivity (Wildman–Crippen MR) is 134 cm³/mol. The van der Waals surface area contributed by atoms with Crippen molar-refractivity contribution in [3.05, 3.63) is 88.1 Å². The highest BCUT2D eigenvalue weighted by atomic mass is 35.5. The fourth-order valence-corrected chi connectivity index (χ4v) is 5.13. The molecule has 2 N–H and O–H groups in total. The number of carbonyl (C=O) groups excluding carboxylic acids is 1. The van der Waals surface area contributed by atoms with Crippen LogP contribution < -0.4 is 5.32 Å². The van der Waals surface area contributed by atoms with E-state index in [1.54, 1.807) is 24.4 Å². The normalized spacial score (nSPS) is 15.9. The number of hydrogen-bond acceptors (Lipinski definition) is 7. The number of aliphatic imine (C=N–C) groups is 1. The molecule has 168 valence electrons. The molecule has 1 aliphatic rings. The summed E-state index contributed by atoms with van der Waals surface area (Å²) >= 11 is 8.49. The minimum Gasteiger partial charge on any atom is -0.478 e. The number of carboxylic acid groups (broad SMARTS) is 1. The molecule has 2 aromatic carbocycles. The van der Waals surface area contributed by atoms with Gasteiger partial charge < -0.3 is 14.8 Å². The summed E-state index contributed by atoms with van der Waals surface area (Å²) < 4.78 is 5.90. The summed E-state index contributed by atoms with van der Waals surface area (Å²) in [7, 11) is 0. The van der Waals surface area contributed by atoms with Gasteiger partial charge in [-0.3, -0.25) is 9.78 Å². The van der Waals surface area contributed by atoms with E-state index >= 15 is 0 Å². The molecule has 7 nitrogen and oxygen atoms in total. The number of fused-ring (bicyclic) bond motifs is 1. The number of carbonyl (C=O) groups is 2. The summed E-state index contributed by atoms with van der Waals surface area (Å²) in [6.07, 6.45) is 3.39. The molecule has 10 heteroatoms. The molecule has 1 saturated heterocycles. The first-order valence-corrected chi connectivity index (χ1v) is 11.9. The fraction of sp³-hybridized carbons (Fsp3) is 0. The number of nitrogens with zero attached hydrogens (tertiary/aromatic N) is 2. The van der Waals surface area contributed by atoms with E-state index in [1.165, 1.54) is 23.9 Å². The van der Waals surface area contributed by atoms with Crippen LogP contribution in [0.3, 0.4) is 0 Å². The molecule has 1 aliphatic heterocycles. The van der Waals surface area contributed by atoms with E-state index in [1.807, 2.05) is 36.4 Å². The number of carboxylic acids is 1. The Morgan fingerprint density at radius 1 is 1.18 bits per heavy atom. The summed E-state index contributed by atoms with van der Waals surface area (Å²) in [6.45, 7) is 0. The van der Waals surface area contributed by atoms with E-state index in [4.69, 9.17) is 16.0 Å². The number of amides is 1. The van der Waals surface area contributed by atoms with Gasteiger partial charge >= 0.3 is 5.97 Å². The van der Waals surface area contributed by atoms with Gasteiger partial charge in [-0.25, -0.2) is 9.79 Å².